The average Bonchev–Trinajstić information content (AvgIpc) is 2.54. The number of aryl methyl sites for hydroxylation is 1. The molecule has 0 spiro atoms. The van der Waals surface area contributed by atoms with Crippen LogP contribution in [0.5, 0.6) is 0 Å². The highest BCUT2D eigenvalue weighted by Gasteiger charge is 2.13. The van der Waals surface area contributed by atoms with Crippen molar-refractivity contribution in [3.05, 3.63) is 35.4 Å². The van der Waals surface area contributed by atoms with Gasteiger partial charge in [0.15, 0.2) is 5.96 Å². The zero-order valence-electron chi connectivity index (χ0n) is 16.5. The highest BCUT2D eigenvalue weighted by molar-refractivity contribution is 14.0. The minimum Gasteiger partial charge on any atom is -0.357 e. The molecular formula is C18H33IN4O2S. The predicted octanol–water partition coefficient (Wildman–Crippen LogP) is 2.68. The summed E-state index contributed by atoms with van der Waals surface area (Å²) in [6.07, 6.45) is 1.95. The van der Waals surface area contributed by atoms with Gasteiger partial charge in [-0.15, -0.1) is 24.0 Å². The Morgan fingerprint density at radius 1 is 1.19 bits per heavy atom. The molecule has 1 aromatic carbocycles. The Morgan fingerprint density at radius 3 is 2.31 bits per heavy atom. The third-order valence-electron chi connectivity index (χ3n) is 3.89. The minimum atomic E-state index is -3.13. The van der Waals surface area contributed by atoms with Gasteiger partial charge in [-0.05, 0) is 25.8 Å². The van der Waals surface area contributed by atoms with E-state index in [2.05, 4.69) is 46.4 Å². The van der Waals surface area contributed by atoms with Crippen LogP contribution >= 0.6 is 24.0 Å². The first-order chi connectivity index (χ1) is 11.8. The van der Waals surface area contributed by atoms with Crippen LogP contribution in [0, 0.1) is 6.92 Å². The lowest BCUT2D eigenvalue weighted by molar-refractivity contribution is 0.425. The second kappa shape index (κ2) is 12.5. The van der Waals surface area contributed by atoms with Crippen LogP contribution < -0.4 is 5.32 Å². The number of hydrogen-bond acceptors (Lipinski definition) is 3. The summed E-state index contributed by atoms with van der Waals surface area (Å²) < 4.78 is 24.7. The molecule has 0 fully saturated rings. The number of nitrogens with zero attached hydrogens (tertiary/aromatic N) is 3. The van der Waals surface area contributed by atoms with Gasteiger partial charge >= 0.3 is 0 Å². The summed E-state index contributed by atoms with van der Waals surface area (Å²) in [5.41, 5.74) is 2.48. The van der Waals surface area contributed by atoms with E-state index in [1.807, 2.05) is 20.9 Å². The summed E-state index contributed by atoms with van der Waals surface area (Å²) in [7, 11) is -1.12. The summed E-state index contributed by atoms with van der Waals surface area (Å²) in [5, 5.41) is 3.29. The van der Waals surface area contributed by atoms with E-state index in [0.29, 0.717) is 26.1 Å². The van der Waals surface area contributed by atoms with Crippen molar-refractivity contribution < 1.29 is 8.42 Å². The monoisotopic (exact) mass is 496 g/mol. The molecule has 0 saturated heterocycles. The van der Waals surface area contributed by atoms with Crippen LogP contribution in [0.1, 0.15) is 31.4 Å². The molecule has 150 valence electrons. The van der Waals surface area contributed by atoms with Gasteiger partial charge < -0.3 is 10.2 Å². The van der Waals surface area contributed by atoms with Crippen LogP contribution in [0.25, 0.3) is 0 Å². The van der Waals surface area contributed by atoms with Crippen molar-refractivity contribution in [2.24, 2.45) is 4.99 Å². The third-order valence-corrected chi connectivity index (χ3v) is 5.26. The molecular weight excluding hydrogens is 463 g/mol. The van der Waals surface area contributed by atoms with Gasteiger partial charge in [0.2, 0.25) is 10.0 Å². The molecule has 0 heterocycles. The fraction of sp³-hybridized carbons (Fsp3) is 0.611. The third kappa shape index (κ3) is 9.18. The van der Waals surface area contributed by atoms with E-state index in [1.165, 1.54) is 21.7 Å². The second-order valence-electron chi connectivity index (χ2n) is 6.19. The van der Waals surface area contributed by atoms with Crippen molar-refractivity contribution in [3.8, 4) is 0 Å². The van der Waals surface area contributed by atoms with Gasteiger partial charge in [-0.1, -0.05) is 36.8 Å². The Labute approximate surface area is 176 Å². The number of nitrogens with one attached hydrogen (secondary N) is 1. The van der Waals surface area contributed by atoms with Gasteiger partial charge in [-0.25, -0.2) is 12.7 Å². The smallest absolute Gasteiger partial charge is 0.211 e. The van der Waals surface area contributed by atoms with Crippen molar-refractivity contribution >= 4 is 40.0 Å². The van der Waals surface area contributed by atoms with Crippen molar-refractivity contribution in [1.29, 1.82) is 0 Å². The van der Waals surface area contributed by atoms with Gasteiger partial charge in [0, 0.05) is 39.8 Å². The molecule has 0 bridgehead atoms. The van der Waals surface area contributed by atoms with Gasteiger partial charge in [0.1, 0.15) is 0 Å². The molecule has 1 N–H and O–H groups in total. The Kier molecular flexibility index (Phi) is 12.1. The van der Waals surface area contributed by atoms with Gasteiger partial charge in [-0.2, -0.15) is 0 Å². The quantitative estimate of drug-likeness (QED) is 0.247. The van der Waals surface area contributed by atoms with Crippen LogP contribution in [0.2, 0.25) is 0 Å². The van der Waals surface area contributed by atoms with Crippen LogP contribution in [-0.4, -0.2) is 63.1 Å². The average molecular weight is 496 g/mol. The molecule has 0 atom stereocenters. The second-order valence-corrected chi connectivity index (χ2v) is 8.17. The summed E-state index contributed by atoms with van der Waals surface area (Å²) in [5.74, 6) is 0.838. The number of benzene rings is 1. The van der Waals surface area contributed by atoms with E-state index >= 15 is 0 Å². The first-order valence-electron chi connectivity index (χ1n) is 8.78. The van der Waals surface area contributed by atoms with Crippen molar-refractivity contribution in [1.82, 2.24) is 14.5 Å². The van der Waals surface area contributed by atoms with Crippen molar-refractivity contribution in [2.75, 3.05) is 39.5 Å². The van der Waals surface area contributed by atoms with Crippen molar-refractivity contribution in [3.63, 3.8) is 0 Å². The Bertz CT molecular complexity index is 648. The Balaban J connectivity index is 0.00000625. The normalized spacial score (nSPS) is 12.0. The van der Waals surface area contributed by atoms with Crippen LogP contribution in [0.3, 0.4) is 0 Å². The molecule has 1 rings (SSSR count). The topological polar surface area (TPSA) is 65.0 Å². The first-order valence-corrected chi connectivity index (χ1v) is 10.6. The van der Waals surface area contributed by atoms with E-state index < -0.39 is 10.0 Å². The molecule has 0 amide bonds. The minimum absolute atomic E-state index is 0. The fourth-order valence-corrected chi connectivity index (χ4v) is 3.43. The molecule has 1 aromatic rings. The highest BCUT2D eigenvalue weighted by Crippen LogP contribution is 2.06. The number of guanidine groups is 1. The van der Waals surface area contributed by atoms with E-state index in [9.17, 15) is 8.42 Å². The number of sulfonamides is 1. The highest BCUT2D eigenvalue weighted by atomic mass is 127. The molecule has 0 aromatic heterocycles. The largest absolute Gasteiger partial charge is 0.357 e. The molecule has 8 heteroatoms. The molecule has 0 unspecified atom stereocenters. The predicted molar refractivity (Wildman–Crippen MR) is 121 cm³/mol. The van der Waals surface area contributed by atoms with E-state index in [1.54, 1.807) is 0 Å². The lowest BCUT2D eigenvalue weighted by Gasteiger charge is -2.22. The standard InChI is InChI=1S/C18H32N4O2S.HI/c1-6-19-18(20-13-8-14-22(7-2)25(5,23)24)21(4)15-17-11-9-16(3)10-12-17;/h9-12H,6-8,13-15H2,1-5H3,(H,19,20);1H. The molecule has 26 heavy (non-hydrogen) atoms. The van der Waals surface area contributed by atoms with E-state index in [0.717, 1.165) is 19.0 Å². The lowest BCUT2D eigenvalue weighted by Crippen LogP contribution is -2.38. The summed E-state index contributed by atoms with van der Waals surface area (Å²) in [4.78, 5) is 6.71. The van der Waals surface area contributed by atoms with Gasteiger partial charge in [-0.3, -0.25) is 4.99 Å². The fourth-order valence-electron chi connectivity index (χ4n) is 2.50. The number of hydrogen-bond donors (Lipinski definition) is 1. The lowest BCUT2D eigenvalue weighted by atomic mass is 10.1. The van der Waals surface area contributed by atoms with Gasteiger partial charge in [0.25, 0.3) is 0 Å². The molecule has 0 aliphatic heterocycles. The van der Waals surface area contributed by atoms with Crippen molar-refractivity contribution in [2.45, 2.75) is 33.7 Å². The Morgan fingerprint density at radius 2 is 1.81 bits per heavy atom. The number of halogens is 1. The maximum atomic E-state index is 11.6. The van der Waals surface area contributed by atoms with Crippen LogP contribution in [0.4, 0.5) is 0 Å². The number of aliphatic imine (C=N–C) groups is 1. The summed E-state index contributed by atoms with van der Waals surface area (Å²) >= 11 is 0. The Hall–Kier alpha value is -0.870. The first kappa shape index (κ1) is 25.1. The maximum Gasteiger partial charge on any atom is 0.211 e. The van der Waals surface area contributed by atoms with Crippen LogP contribution in [0.15, 0.2) is 29.3 Å². The molecule has 6 nitrogen and oxygen atoms in total. The van der Waals surface area contributed by atoms with E-state index in [4.69, 9.17) is 0 Å². The summed E-state index contributed by atoms with van der Waals surface area (Å²) in [6.45, 7) is 9.12. The number of rotatable bonds is 9. The molecule has 0 aliphatic carbocycles. The SMILES string of the molecule is CCNC(=NCCCN(CC)S(C)(=O)=O)N(C)Cc1ccc(C)cc1.I. The molecule has 0 radical (unpaired) electrons. The summed E-state index contributed by atoms with van der Waals surface area (Å²) in [6, 6.07) is 8.47. The van der Waals surface area contributed by atoms with E-state index in [-0.39, 0.29) is 24.0 Å². The zero-order chi connectivity index (χ0) is 18.9. The maximum absolute atomic E-state index is 11.6. The zero-order valence-corrected chi connectivity index (χ0v) is 19.7. The van der Waals surface area contributed by atoms with Gasteiger partial charge in [0.05, 0.1) is 6.26 Å². The molecule has 0 aliphatic rings. The molecule has 0 saturated carbocycles. The van der Waals surface area contributed by atoms with Crippen LogP contribution in [-0.2, 0) is 16.6 Å².